The number of carbonyl (C=O) groups is 2. The monoisotopic (exact) mass is 231 g/mol. The Hall–Kier alpha value is -1.14. The van der Waals surface area contributed by atoms with Crippen molar-refractivity contribution in [3.63, 3.8) is 0 Å². The number of hydrogen-bond donors (Lipinski definition) is 3. The van der Waals surface area contributed by atoms with E-state index in [1.165, 1.54) is 0 Å². The second-order valence-corrected chi connectivity index (χ2v) is 3.49. The van der Waals surface area contributed by atoms with Crippen LogP contribution in [0.25, 0.3) is 0 Å². The van der Waals surface area contributed by atoms with Gasteiger partial charge in [0.25, 0.3) is 0 Å². The fourth-order valence-electron chi connectivity index (χ4n) is 0.989. The van der Waals surface area contributed by atoms with Gasteiger partial charge in [0.2, 0.25) is 11.8 Å². The Morgan fingerprint density at radius 1 is 1.31 bits per heavy atom. The largest absolute Gasteiger partial charge is 0.383 e. The molecule has 6 nitrogen and oxygen atoms in total. The van der Waals surface area contributed by atoms with Crippen molar-refractivity contribution in [2.24, 2.45) is 5.73 Å². The van der Waals surface area contributed by atoms with Crippen molar-refractivity contribution in [2.75, 3.05) is 26.8 Å². The Balaban J connectivity index is 3.55. The number of nitrogens with one attached hydrogen (secondary N) is 2. The predicted molar refractivity (Wildman–Crippen MR) is 60.8 cm³/mol. The molecule has 1 atom stereocenters. The maximum absolute atomic E-state index is 11.3. The van der Waals surface area contributed by atoms with Gasteiger partial charge in [0.1, 0.15) is 0 Å². The topological polar surface area (TPSA) is 93.5 Å². The van der Waals surface area contributed by atoms with Crippen LogP contribution in [-0.4, -0.2) is 44.7 Å². The first-order valence-corrected chi connectivity index (χ1v) is 5.38. The van der Waals surface area contributed by atoms with Gasteiger partial charge in [-0.15, -0.1) is 0 Å². The van der Waals surface area contributed by atoms with E-state index in [1.54, 1.807) is 7.11 Å². The van der Waals surface area contributed by atoms with Crippen molar-refractivity contribution >= 4 is 11.8 Å². The molecule has 0 aromatic carbocycles. The summed E-state index contributed by atoms with van der Waals surface area (Å²) in [5.74, 6) is -0.424. The zero-order chi connectivity index (χ0) is 12.4. The molecule has 0 spiro atoms. The number of methoxy groups -OCH3 is 1. The maximum Gasteiger partial charge on any atom is 0.239 e. The standard InChI is InChI=1S/C10H21N3O3/c1-3-8(11)6-9(14)13-7-10(15)12-4-5-16-2/h8H,3-7,11H2,1-2H3,(H,12,15)(H,13,14). The quantitative estimate of drug-likeness (QED) is 0.467. The molecule has 0 bridgehead atoms. The Kier molecular flexibility index (Phi) is 8.46. The molecule has 0 aromatic heterocycles. The zero-order valence-electron chi connectivity index (χ0n) is 9.91. The molecular weight excluding hydrogens is 210 g/mol. The van der Waals surface area contributed by atoms with Crippen LogP contribution in [0.1, 0.15) is 19.8 Å². The van der Waals surface area contributed by atoms with Crippen LogP contribution < -0.4 is 16.4 Å². The van der Waals surface area contributed by atoms with Gasteiger partial charge in [-0.05, 0) is 6.42 Å². The lowest BCUT2D eigenvalue weighted by atomic mass is 10.1. The minimum absolute atomic E-state index is 0.0149. The van der Waals surface area contributed by atoms with E-state index in [4.69, 9.17) is 10.5 Å². The van der Waals surface area contributed by atoms with Gasteiger partial charge in [0.05, 0.1) is 13.2 Å². The smallest absolute Gasteiger partial charge is 0.239 e. The average Bonchev–Trinajstić information content (AvgIpc) is 2.26. The van der Waals surface area contributed by atoms with Crippen LogP contribution in [0.2, 0.25) is 0 Å². The van der Waals surface area contributed by atoms with Crippen LogP contribution in [0.15, 0.2) is 0 Å². The van der Waals surface area contributed by atoms with Crippen LogP contribution in [0.4, 0.5) is 0 Å². The molecule has 0 aromatic rings. The van der Waals surface area contributed by atoms with Crippen molar-refractivity contribution in [1.82, 2.24) is 10.6 Å². The van der Waals surface area contributed by atoms with E-state index < -0.39 is 0 Å². The summed E-state index contributed by atoms with van der Waals surface area (Å²) in [5.41, 5.74) is 5.60. The third-order valence-corrected chi connectivity index (χ3v) is 2.05. The van der Waals surface area contributed by atoms with E-state index in [0.717, 1.165) is 6.42 Å². The van der Waals surface area contributed by atoms with E-state index >= 15 is 0 Å². The molecule has 2 amide bonds. The summed E-state index contributed by atoms with van der Waals surface area (Å²) in [6, 6.07) is -0.142. The third-order valence-electron chi connectivity index (χ3n) is 2.05. The first-order chi connectivity index (χ1) is 7.60. The number of rotatable bonds is 8. The van der Waals surface area contributed by atoms with Crippen molar-refractivity contribution in [2.45, 2.75) is 25.8 Å². The van der Waals surface area contributed by atoms with Crippen molar-refractivity contribution in [3.05, 3.63) is 0 Å². The minimum atomic E-state index is -0.226. The fourth-order valence-corrected chi connectivity index (χ4v) is 0.989. The Morgan fingerprint density at radius 2 is 2.00 bits per heavy atom. The molecule has 0 rings (SSSR count). The normalized spacial score (nSPS) is 11.9. The van der Waals surface area contributed by atoms with Crippen molar-refractivity contribution in [3.8, 4) is 0 Å². The van der Waals surface area contributed by atoms with E-state index in [1.807, 2.05) is 6.92 Å². The lowest BCUT2D eigenvalue weighted by molar-refractivity contribution is -0.126. The predicted octanol–water partition coefficient (Wildman–Crippen LogP) is -1.01. The number of amides is 2. The third kappa shape index (κ3) is 8.19. The summed E-state index contributed by atoms with van der Waals surface area (Å²) >= 11 is 0. The molecule has 94 valence electrons. The SMILES string of the molecule is CCC(N)CC(=O)NCC(=O)NCCOC. The lowest BCUT2D eigenvalue weighted by Gasteiger charge is -2.09. The van der Waals surface area contributed by atoms with Gasteiger partial charge in [-0.3, -0.25) is 9.59 Å². The molecule has 0 aliphatic rings. The molecular formula is C10H21N3O3. The molecule has 0 saturated carbocycles. The van der Waals surface area contributed by atoms with Gasteiger partial charge in [-0.2, -0.15) is 0 Å². The molecule has 16 heavy (non-hydrogen) atoms. The summed E-state index contributed by atoms with van der Waals surface area (Å²) in [6.45, 7) is 2.80. The molecule has 0 radical (unpaired) electrons. The van der Waals surface area contributed by atoms with Crippen LogP contribution in [-0.2, 0) is 14.3 Å². The highest BCUT2D eigenvalue weighted by Crippen LogP contribution is 1.92. The summed E-state index contributed by atoms with van der Waals surface area (Å²) in [4.78, 5) is 22.4. The molecule has 0 aliphatic carbocycles. The van der Waals surface area contributed by atoms with Crippen molar-refractivity contribution < 1.29 is 14.3 Å². The highest BCUT2D eigenvalue weighted by Gasteiger charge is 2.08. The van der Waals surface area contributed by atoms with Gasteiger partial charge < -0.3 is 21.1 Å². The second-order valence-electron chi connectivity index (χ2n) is 3.49. The summed E-state index contributed by atoms with van der Waals surface area (Å²) in [7, 11) is 1.56. The number of carbonyl (C=O) groups excluding carboxylic acids is 2. The minimum Gasteiger partial charge on any atom is -0.383 e. The summed E-state index contributed by atoms with van der Waals surface area (Å²) < 4.78 is 4.77. The highest BCUT2D eigenvalue weighted by atomic mass is 16.5. The number of hydrogen-bond acceptors (Lipinski definition) is 4. The number of nitrogens with two attached hydrogens (primary N) is 1. The fraction of sp³-hybridized carbons (Fsp3) is 0.800. The van der Waals surface area contributed by atoms with E-state index in [-0.39, 0.29) is 30.8 Å². The van der Waals surface area contributed by atoms with E-state index in [2.05, 4.69) is 10.6 Å². The van der Waals surface area contributed by atoms with Crippen LogP contribution in [0.5, 0.6) is 0 Å². The van der Waals surface area contributed by atoms with E-state index in [9.17, 15) is 9.59 Å². The van der Waals surface area contributed by atoms with Gasteiger partial charge in [-0.25, -0.2) is 0 Å². The van der Waals surface area contributed by atoms with Gasteiger partial charge in [0.15, 0.2) is 0 Å². The highest BCUT2D eigenvalue weighted by molar-refractivity contribution is 5.84. The van der Waals surface area contributed by atoms with Crippen LogP contribution in [0, 0.1) is 0 Å². The van der Waals surface area contributed by atoms with Gasteiger partial charge in [0, 0.05) is 26.1 Å². The van der Waals surface area contributed by atoms with Gasteiger partial charge in [-0.1, -0.05) is 6.92 Å². The lowest BCUT2D eigenvalue weighted by Crippen LogP contribution is -2.39. The second kappa shape index (κ2) is 9.11. The van der Waals surface area contributed by atoms with E-state index in [0.29, 0.717) is 13.2 Å². The molecule has 0 saturated heterocycles. The Labute approximate surface area is 95.9 Å². The van der Waals surface area contributed by atoms with Crippen LogP contribution >= 0.6 is 0 Å². The Bertz CT molecular complexity index is 221. The molecule has 6 heteroatoms. The first kappa shape index (κ1) is 14.9. The molecule has 4 N–H and O–H groups in total. The molecule has 0 aliphatic heterocycles. The summed E-state index contributed by atoms with van der Waals surface area (Å²) in [5, 5.41) is 5.10. The maximum atomic E-state index is 11.3. The van der Waals surface area contributed by atoms with Gasteiger partial charge >= 0.3 is 0 Å². The molecule has 1 unspecified atom stereocenters. The number of ether oxygens (including phenoxy) is 1. The molecule has 0 fully saturated rings. The van der Waals surface area contributed by atoms with Crippen LogP contribution in [0.3, 0.4) is 0 Å². The summed E-state index contributed by atoms with van der Waals surface area (Å²) in [6.07, 6.45) is 0.995. The molecule has 0 heterocycles. The average molecular weight is 231 g/mol. The van der Waals surface area contributed by atoms with Crippen molar-refractivity contribution in [1.29, 1.82) is 0 Å². The first-order valence-electron chi connectivity index (χ1n) is 5.38. The Morgan fingerprint density at radius 3 is 2.56 bits per heavy atom. The zero-order valence-corrected chi connectivity index (χ0v) is 9.91.